The van der Waals surface area contributed by atoms with Crippen LogP contribution in [0.3, 0.4) is 0 Å². The summed E-state index contributed by atoms with van der Waals surface area (Å²) in [5.41, 5.74) is 2.10. The van der Waals surface area contributed by atoms with E-state index in [2.05, 4.69) is 10.3 Å². The summed E-state index contributed by atoms with van der Waals surface area (Å²) in [5.74, 6) is 0.954. The standard InChI is InChI=1S/C30H32N4O3.2ClH/c35-29-11-4-18-34(29)25-7-3-8-26(22-25)37-21-5-10-28(24-12-15-31-16-13-24)32-17-20-33-19-14-23-6-1-2-9-27(23)30(33)36;;/h1-3,6-9,12-16,19,22,28,32H,4-5,10-11,17-18,20-21H2;2*1H. The van der Waals surface area contributed by atoms with Crippen LogP contribution in [0.15, 0.2) is 90.1 Å². The van der Waals surface area contributed by atoms with Crippen molar-refractivity contribution >= 4 is 47.2 Å². The van der Waals surface area contributed by atoms with E-state index >= 15 is 0 Å². The van der Waals surface area contributed by atoms with Crippen LogP contribution in [0.1, 0.15) is 37.3 Å². The number of hydrogen-bond donors (Lipinski definition) is 1. The van der Waals surface area contributed by atoms with Crippen molar-refractivity contribution in [1.29, 1.82) is 0 Å². The first-order valence-corrected chi connectivity index (χ1v) is 12.9. The smallest absolute Gasteiger partial charge is 0.258 e. The second-order valence-electron chi connectivity index (χ2n) is 9.33. The van der Waals surface area contributed by atoms with Gasteiger partial charge in [0.1, 0.15) is 5.75 Å². The van der Waals surface area contributed by atoms with Gasteiger partial charge in [-0.05, 0) is 66.6 Å². The lowest BCUT2D eigenvalue weighted by Crippen LogP contribution is -2.29. The second kappa shape index (κ2) is 14.7. The molecule has 4 aromatic rings. The highest BCUT2D eigenvalue weighted by Crippen LogP contribution is 2.26. The topological polar surface area (TPSA) is 76.5 Å². The van der Waals surface area contributed by atoms with Gasteiger partial charge in [-0.25, -0.2) is 0 Å². The highest BCUT2D eigenvalue weighted by Gasteiger charge is 2.21. The summed E-state index contributed by atoms with van der Waals surface area (Å²) in [6.45, 7) is 2.60. The molecule has 2 aromatic heterocycles. The van der Waals surface area contributed by atoms with Gasteiger partial charge < -0.3 is 19.5 Å². The molecule has 1 amide bonds. The lowest BCUT2D eigenvalue weighted by molar-refractivity contribution is -0.117. The van der Waals surface area contributed by atoms with E-state index in [9.17, 15) is 9.59 Å². The molecule has 5 rings (SSSR count). The minimum Gasteiger partial charge on any atom is -0.494 e. The third kappa shape index (κ3) is 7.60. The molecule has 0 spiro atoms. The lowest BCUT2D eigenvalue weighted by Gasteiger charge is -2.20. The van der Waals surface area contributed by atoms with E-state index < -0.39 is 0 Å². The molecule has 0 aliphatic carbocycles. The first-order chi connectivity index (χ1) is 18.2. The Labute approximate surface area is 241 Å². The fourth-order valence-corrected chi connectivity index (χ4v) is 4.89. The van der Waals surface area contributed by atoms with Gasteiger partial charge in [-0.1, -0.05) is 24.3 Å². The van der Waals surface area contributed by atoms with Gasteiger partial charge in [0, 0.05) is 67.8 Å². The Morgan fingerprint density at radius 3 is 2.59 bits per heavy atom. The molecule has 2 aromatic carbocycles. The predicted octanol–water partition coefficient (Wildman–Crippen LogP) is 5.56. The summed E-state index contributed by atoms with van der Waals surface area (Å²) in [6.07, 6.45) is 8.72. The summed E-state index contributed by atoms with van der Waals surface area (Å²) in [6, 6.07) is 21.6. The first kappa shape index (κ1) is 30.2. The Balaban J connectivity index is 0.00000210. The van der Waals surface area contributed by atoms with Crippen LogP contribution in [0.4, 0.5) is 5.69 Å². The summed E-state index contributed by atoms with van der Waals surface area (Å²) in [7, 11) is 0. The highest BCUT2D eigenvalue weighted by molar-refractivity contribution is 5.95. The SMILES string of the molecule is Cl.Cl.O=C1CCCN1c1cccc(OCCCC(NCCn2ccc3ccccc3c2=O)c2ccncc2)c1. The van der Waals surface area contributed by atoms with Crippen molar-refractivity contribution in [3.63, 3.8) is 0 Å². The number of benzene rings is 2. The molecular weight excluding hydrogens is 535 g/mol. The number of nitrogens with zero attached hydrogens (tertiary/aromatic N) is 3. The number of nitrogens with one attached hydrogen (secondary N) is 1. The van der Waals surface area contributed by atoms with E-state index in [0.717, 1.165) is 53.6 Å². The summed E-state index contributed by atoms with van der Waals surface area (Å²) < 4.78 is 7.80. The van der Waals surface area contributed by atoms with Crippen molar-refractivity contribution in [3.8, 4) is 5.75 Å². The normalized spacial score (nSPS) is 13.5. The zero-order chi connectivity index (χ0) is 25.5. The zero-order valence-electron chi connectivity index (χ0n) is 21.7. The molecule has 1 atom stereocenters. The molecule has 0 bridgehead atoms. The van der Waals surface area contributed by atoms with Gasteiger partial charge in [-0.3, -0.25) is 14.6 Å². The van der Waals surface area contributed by atoms with Gasteiger partial charge >= 0.3 is 0 Å². The molecule has 9 heteroatoms. The number of amides is 1. The maximum Gasteiger partial charge on any atom is 0.258 e. The molecule has 7 nitrogen and oxygen atoms in total. The quantitative estimate of drug-likeness (QED) is 0.240. The lowest BCUT2D eigenvalue weighted by atomic mass is 10.0. The van der Waals surface area contributed by atoms with Gasteiger partial charge in [0.05, 0.1) is 6.61 Å². The average Bonchev–Trinajstić information content (AvgIpc) is 3.38. The van der Waals surface area contributed by atoms with Crippen LogP contribution >= 0.6 is 24.8 Å². The van der Waals surface area contributed by atoms with Crippen molar-refractivity contribution in [3.05, 3.63) is 101 Å². The van der Waals surface area contributed by atoms with Gasteiger partial charge in [0.15, 0.2) is 0 Å². The molecule has 1 unspecified atom stereocenters. The van der Waals surface area contributed by atoms with Crippen LogP contribution in [0, 0.1) is 0 Å². The summed E-state index contributed by atoms with van der Waals surface area (Å²) in [4.78, 5) is 30.9. The Bertz CT molecular complexity index is 1410. The number of carbonyl (C=O) groups excluding carboxylic acids is 1. The van der Waals surface area contributed by atoms with E-state index in [1.807, 2.05) is 77.8 Å². The largest absolute Gasteiger partial charge is 0.494 e. The highest BCUT2D eigenvalue weighted by atomic mass is 35.5. The minimum atomic E-state index is 0. The minimum absolute atomic E-state index is 0. The number of hydrogen-bond acceptors (Lipinski definition) is 5. The molecule has 1 fully saturated rings. The molecule has 39 heavy (non-hydrogen) atoms. The molecule has 206 valence electrons. The molecule has 3 heterocycles. The fourth-order valence-electron chi connectivity index (χ4n) is 4.89. The number of ether oxygens (including phenoxy) is 1. The van der Waals surface area contributed by atoms with Gasteiger partial charge in [0.25, 0.3) is 5.56 Å². The van der Waals surface area contributed by atoms with Crippen molar-refractivity contribution in [1.82, 2.24) is 14.9 Å². The molecule has 0 radical (unpaired) electrons. The van der Waals surface area contributed by atoms with Crippen molar-refractivity contribution in [2.45, 2.75) is 38.3 Å². The Morgan fingerprint density at radius 1 is 0.974 bits per heavy atom. The van der Waals surface area contributed by atoms with Crippen molar-refractivity contribution in [2.75, 3.05) is 24.6 Å². The number of fused-ring (bicyclic) bond motifs is 1. The van der Waals surface area contributed by atoms with Crippen molar-refractivity contribution in [2.24, 2.45) is 0 Å². The molecule has 1 saturated heterocycles. The maximum atomic E-state index is 12.8. The molecule has 1 aliphatic heterocycles. The van der Waals surface area contributed by atoms with E-state index in [1.165, 1.54) is 0 Å². The van der Waals surface area contributed by atoms with Gasteiger partial charge in [0.2, 0.25) is 5.91 Å². The molecular formula is C30H34Cl2N4O3. The third-order valence-electron chi connectivity index (χ3n) is 6.85. The van der Waals surface area contributed by atoms with E-state index in [0.29, 0.717) is 26.1 Å². The maximum absolute atomic E-state index is 12.8. The Hall–Kier alpha value is -3.39. The summed E-state index contributed by atoms with van der Waals surface area (Å²) >= 11 is 0. The number of halogens is 2. The van der Waals surface area contributed by atoms with Crippen molar-refractivity contribution < 1.29 is 9.53 Å². The number of rotatable bonds is 11. The predicted molar refractivity (Wildman–Crippen MR) is 160 cm³/mol. The third-order valence-corrected chi connectivity index (χ3v) is 6.85. The number of carbonyl (C=O) groups is 1. The van der Waals surface area contributed by atoms with Crippen LogP contribution in [0.2, 0.25) is 0 Å². The molecule has 1 aliphatic rings. The number of anilines is 1. The molecule has 1 N–H and O–H groups in total. The van der Waals surface area contributed by atoms with Crippen LogP contribution in [0.5, 0.6) is 5.75 Å². The van der Waals surface area contributed by atoms with Crippen LogP contribution in [-0.4, -0.2) is 35.2 Å². The number of pyridine rings is 2. The Morgan fingerprint density at radius 2 is 1.79 bits per heavy atom. The van der Waals surface area contributed by atoms with Crippen LogP contribution in [-0.2, 0) is 11.3 Å². The number of aromatic nitrogens is 2. The zero-order valence-corrected chi connectivity index (χ0v) is 23.3. The van der Waals surface area contributed by atoms with Crippen LogP contribution in [0.25, 0.3) is 10.8 Å². The summed E-state index contributed by atoms with van der Waals surface area (Å²) in [5, 5.41) is 5.33. The average molecular weight is 570 g/mol. The second-order valence-corrected chi connectivity index (χ2v) is 9.33. The monoisotopic (exact) mass is 568 g/mol. The van der Waals surface area contributed by atoms with Gasteiger partial charge in [-0.2, -0.15) is 0 Å². The fraction of sp³-hybridized carbons (Fsp3) is 0.300. The van der Waals surface area contributed by atoms with Crippen LogP contribution < -0.4 is 20.5 Å². The first-order valence-electron chi connectivity index (χ1n) is 12.9. The van der Waals surface area contributed by atoms with E-state index in [4.69, 9.17) is 4.74 Å². The van der Waals surface area contributed by atoms with E-state index in [1.54, 1.807) is 17.0 Å². The van der Waals surface area contributed by atoms with Gasteiger partial charge in [-0.15, -0.1) is 24.8 Å². The Kier molecular flexibility index (Phi) is 11.3. The van der Waals surface area contributed by atoms with E-state index in [-0.39, 0.29) is 42.3 Å². The molecule has 0 saturated carbocycles.